The first-order chi connectivity index (χ1) is 7.31. The molecule has 0 spiro atoms. The van der Waals surface area contributed by atoms with Gasteiger partial charge in [0.1, 0.15) is 0 Å². The molecule has 1 aliphatic heterocycles. The summed E-state index contributed by atoms with van der Waals surface area (Å²) >= 11 is 5.27. The standard InChI is InChI=1S/C10H15BrN2OS/c1-12-10(7-6-14-5-4-13-7)8-2-3-9(11)15-8/h2-3,7,10,12-13H,4-6H2,1H3. The smallest absolute Gasteiger partial charge is 0.0702 e. The van der Waals surface area contributed by atoms with Gasteiger partial charge in [-0.3, -0.25) is 0 Å². The second-order valence-electron chi connectivity index (χ2n) is 3.54. The van der Waals surface area contributed by atoms with E-state index in [2.05, 4.69) is 38.7 Å². The molecule has 15 heavy (non-hydrogen) atoms. The molecule has 1 fully saturated rings. The monoisotopic (exact) mass is 290 g/mol. The van der Waals surface area contributed by atoms with Gasteiger partial charge in [0, 0.05) is 11.4 Å². The second-order valence-corrected chi connectivity index (χ2v) is 6.04. The summed E-state index contributed by atoms with van der Waals surface area (Å²) in [5, 5.41) is 6.83. The van der Waals surface area contributed by atoms with Crippen molar-refractivity contribution in [2.75, 3.05) is 26.8 Å². The molecule has 2 N–H and O–H groups in total. The Morgan fingerprint density at radius 3 is 3.07 bits per heavy atom. The zero-order valence-corrected chi connectivity index (χ0v) is 11.0. The molecule has 0 saturated carbocycles. The maximum atomic E-state index is 5.48. The molecule has 2 heterocycles. The lowest BCUT2D eigenvalue weighted by atomic mass is 10.1. The Balaban J connectivity index is 2.08. The van der Waals surface area contributed by atoms with Crippen LogP contribution in [-0.4, -0.2) is 32.8 Å². The minimum Gasteiger partial charge on any atom is -0.378 e. The van der Waals surface area contributed by atoms with Crippen molar-refractivity contribution in [3.8, 4) is 0 Å². The summed E-state index contributed by atoms with van der Waals surface area (Å²) in [6.07, 6.45) is 0. The third-order valence-corrected chi connectivity index (χ3v) is 4.27. The third kappa shape index (κ3) is 2.79. The number of ether oxygens (including phenoxy) is 1. The maximum absolute atomic E-state index is 5.48. The summed E-state index contributed by atoms with van der Waals surface area (Å²) in [5.74, 6) is 0. The van der Waals surface area contributed by atoms with Gasteiger partial charge in [-0.1, -0.05) is 0 Å². The van der Waals surface area contributed by atoms with Gasteiger partial charge in [0.15, 0.2) is 0 Å². The molecule has 0 aromatic carbocycles. The van der Waals surface area contributed by atoms with Crippen LogP contribution in [0.4, 0.5) is 0 Å². The number of hydrogen-bond donors (Lipinski definition) is 2. The molecule has 0 bridgehead atoms. The first kappa shape index (κ1) is 11.5. The van der Waals surface area contributed by atoms with Crippen molar-refractivity contribution < 1.29 is 4.74 Å². The largest absolute Gasteiger partial charge is 0.378 e. The van der Waals surface area contributed by atoms with Crippen LogP contribution < -0.4 is 10.6 Å². The van der Waals surface area contributed by atoms with Gasteiger partial charge in [0.25, 0.3) is 0 Å². The first-order valence-electron chi connectivity index (χ1n) is 5.05. The molecular weight excluding hydrogens is 276 g/mol. The Hall–Kier alpha value is 0.0600. The van der Waals surface area contributed by atoms with Gasteiger partial charge in [-0.25, -0.2) is 0 Å². The molecule has 1 saturated heterocycles. The number of likely N-dealkylation sites (N-methyl/N-ethyl adjacent to an activating group) is 1. The van der Waals surface area contributed by atoms with E-state index in [1.54, 1.807) is 11.3 Å². The summed E-state index contributed by atoms with van der Waals surface area (Å²) in [7, 11) is 1.99. The van der Waals surface area contributed by atoms with E-state index < -0.39 is 0 Å². The summed E-state index contributed by atoms with van der Waals surface area (Å²) in [6, 6.07) is 4.95. The van der Waals surface area contributed by atoms with Gasteiger partial charge in [-0.15, -0.1) is 11.3 Å². The molecule has 1 aromatic rings. The van der Waals surface area contributed by atoms with E-state index >= 15 is 0 Å². The normalized spacial score (nSPS) is 24.0. The number of nitrogens with one attached hydrogen (secondary N) is 2. The average Bonchev–Trinajstić information content (AvgIpc) is 2.68. The molecule has 5 heteroatoms. The summed E-state index contributed by atoms with van der Waals surface area (Å²) < 4.78 is 6.66. The molecular formula is C10H15BrN2OS. The number of halogens is 1. The minimum absolute atomic E-state index is 0.335. The van der Waals surface area contributed by atoms with E-state index in [9.17, 15) is 0 Å². The lowest BCUT2D eigenvalue weighted by molar-refractivity contribution is 0.0650. The van der Waals surface area contributed by atoms with Gasteiger partial charge in [-0.05, 0) is 35.1 Å². The van der Waals surface area contributed by atoms with Crippen LogP contribution in [0, 0.1) is 0 Å². The highest BCUT2D eigenvalue weighted by Crippen LogP contribution is 2.29. The summed E-state index contributed by atoms with van der Waals surface area (Å²) in [4.78, 5) is 1.34. The zero-order valence-electron chi connectivity index (χ0n) is 8.63. The van der Waals surface area contributed by atoms with Crippen LogP contribution in [0.5, 0.6) is 0 Å². The van der Waals surface area contributed by atoms with Crippen LogP contribution in [0.2, 0.25) is 0 Å². The van der Waals surface area contributed by atoms with Crippen LogP contribution in [0.15, 0.2) is 15.9 Å². The predicted octanol–water partition coefficient (Wildman–Crippen LogP) is 1.76. The second kappa shape index (κ2) is 5.41. The van der Waals surface area contributed by atoms with Crippen molar-refractivity contribution in [2.45, 2.75) is 12.1 Å². The molecule has 0 aliphatic carbocycles. The molecule has 0 amide bonds. The number of morpholine rings is 1. The lowest BCUT2D eigenvalue weighted by Crippen LogP contribution is -2.48. The first-order valence-corrected chi connectivity index (χ1v) is 6.66. The summed E-state index contributed by atoms with van der Waals surface area (Å²) in [5.41, 5.74) is 0. The fraction of sp³-hybridized carbons (Fsp3) is 0.600. The van der Waals surface area contributed by atoms with Crippen molar-refractivity contribution in [3.05, 3.63) is 20.8 Å². The minimum atomic E-state index is 0.335. The Morgan fingerprint density at radius 2 is 2.53 bits per heavy atom. The maximum Gasteiger partial charge on any atom is 0.0702 e. The molecule has 1 aromatic heterocycles. The van der Waals surface area contributed by atoms with Crippen molar-refractivity contribution in [3.63, 3.8) is 0 Å². The zero-order chi connectivity index (χ0) is 10.7. The van der Waals surface area contributed by atoms with Gasteiger partial charge >= 0.3 is 0 Å². The van der Waals surface area contributed by atoms with Crippen molar-refractivity contribution in [1.29, 1.82) is 0 Å². The molecule has 1 aliphatic rings. The molecule has 84 valence electrons. The Kier molecular flexibility index (Phi) is 4.16. The predicted molar refractivity (Wildman–Crippen MR) is 66.4 cm³/mol. The summed E-state index contributed by atoms with van der Waals surface area (Å²) in [6.45, 7) is 2.54. The number of rotatable bonds is 3. The molecule has 2 rings (SSSR count). The highest BCUT2D eigenvalue weighted by Gasteiger charge is 2.24. The van der Waals surface area contributed by atoms with E-state index in [1.807, 2.05) is 7.05 Å². The van der Waals surface area contributed by atoms with E-state index in [0.29, 0.717) is 12.1 Å². The Morgan fingerprint density at radius 1 is 1.67 bits per heavy atom. The van der Waals surface area contributed by atoms with Crippen LogP contribution in [-0.2, 0) is 4.74 Å². The number of hydrogen-bond acceptors (Lipinski definition) is 4. The van der Waals surface area contributed by atoms with E-state index in [-0.39, 0.29) is 0 Å². The van der Waals surface area contributed by atoms with Crippen LogP contribution in [0.25, 0.3) is 0 Å². The lowest BCUT2D eigenvalue weighted by Gasteiger charge is -2.30. The Labute approximate surface area is 102 Å². The highest BCUT2D eigenvalue weighted by molar-refractivity contribution is 9.11. The van der Waals surface area contributed by atoms with Crippen LogP contribution in [0.3, 0.4) is 0 Å². The molecule has 2 atom stereocenters. The van der Waals surface area contributed by atoms with Crippen molar-refractivity contribution >= 4 is 27.3 Å². The molecule has 3 nitrogen and oxygen atoms in total. The SMILES string of the molecule is CNC(c1ccc(Br)s1)C1COCCN1. The number of thiophene rings is 1. The van der Waals surface area contributed by atoms with Gasteiger partial charge in [0.05, 0.1) is 29.1 Å². The fourth-order valence-electron chi connectivity index (χ4n) is 1.84. The topological polar surface area (TPSA) is 33.3 Å². The van der Waals surface area contributed by atoms with E-state index in [0.717, 1.165) is 19.8 Å². The molecule has 0 radical (unpaired) electrons. The van der Waals surface area contributed by atoms with Gasteiger partial charge in [-0.2, -0.15) is 0 Å². The van der Waals surface area contributed by atoms with Gasteiger partial charge in [0.2, 0.25) is 0 Å². The van der Waals surface area contributed by atoms with Crippen molar-refractivity contribution in [1.82, 2.24) is 10.6 Å². The van der Waals surface area contributed by atoms with Crippen LogP contribution in [0.1, 0.15) is 10.9 Å². The fourth-order valence-corrected chi connectivity index (χ4v) is 3.44. The molecule has 2 unspecified atom stereocenters. The average molecular weight is 291 g/mol. The van der Waals surface area contributed by atoms with E-state index in [4.69, 9.17) is 4.74 Å². The van der Waals surface area contributed by atoms with Gasteiger partial charge < -0.3 is 15.4 Å². The van der Waals surface area contributed by atoms with E-state index in [1.165, 1.54) is 8.66 Å². The quantitative estimate of drug-likeness (QED) is 0.890. The third-order valence-electron chi connectivity index (χ3n) is 2.56. The van der Waals surface area contributed by atoms with Crippen LogP contribution >= 0.6 is 27.3 Å². The highest BCUT2D eigenvalue weighted by atomic mass is 79.9. The Bertz CT molecular complexity index is 312. The van der Waals surface area contributed by atoms with Crippen molar-refractivity contribution in [2.24, 2.45) is 0 Å².